The normalized spacial score (nSPS) is 10.9. The Balaban J connectivity index is 0.00000324. The molecule has 1 rings (SSSR count). The van der Waals surface area contributed by atoms with E-state index in [-0.39, 0.29) is 29.5 Å². The zero-order chi connectivity index (χ0) is 13.2. The van der Waals surface area contributed by atoms with Gasteiger partial charge in [-0.25, -0.2) is 0 Å². The van der Waals surface area contributed by atoms with Crippen LogP contribution in [0.3, 0.4) is 0 Å². The molecule has 0 amide bonds. The Hall–Kier alpha value is -1.05. The van der Waals surface area contributed by atoms with E-state index < -0.39 is 0 Å². The molecular weight excluding hydrogens is 355 g/mol. The lowest BCUT2D eigenvalue weighted by molar-refractivity contribution is 0.587. The second-order valence-electron chi connectivity index (χ2n) is 4.13. The van der Waals surface area contributed by atoms with Crippen molar-refractivity contribution in [1.82, 2.24) is 9.88 Å². The summed E-state index contributed by atoms with van der Waals surface area (Å²) in [6, 6.07) is 5.20. The van der Waals surface area contributed by atoms with Gasteiger partial charge in [-0.2, -0.15) is 0 Å². The molecule has 0 bridgehead atoms. The predicted molar refractivity (Wildman–Crippen MR) is 90.1 cm³/mol. The van der Waals surface area contributed by atoms with Gasteiger partial charge in [-0.15, -0.1) is 24.0 Å². The van der Waals surface area contributed by atoms with E-state index in [1.165, 1.54) is 0 Å². The number of hydrogen-bond donors (Lipinski definition) is 2. The lowest BCUT2D eigenvalue weighted by Crippen LogP contribution is -2.32. The van der Waals surface area contributed by atoms with Crippen molar-refractivity contribution in [1.29, 1.82) is 0 Å². The summed E-state index contributed by atoms with van der Waals surface area (Å²) in [5.41, 5.74) is 5.71. The Morgan fingerprint density at radius 1 is 1.42 bits per heavy atom. The van der Waals surface area contributed by atoms with Crippen LogP contribution in [0.5, 0.6) is 0 Å². The van der Waals surface area contributed by atoms with E-state index in [4.69, 9.17) is 5.73 Å². The molecule has 0 aliphatic heterocycles. The Morgan fingerprint density at radius 3 is 2.89 bits per heavy atom. The summed E-state index contributed by atoms with van der Waals surface area (Å²) >= 11 is 0. The fourth-order valence-electron chi connectivity index (χ4n) is 1.56. The Labute approximate surface area is 131 Å². The topological polar surface area (TPSA) is 72.4 Å². The summed E-state index contributed by atoms with van der Waals surface area (Å²) in [6.45, 7) is 4.36. The van der Waals surface area contributed by atoms with Crippen LogP contribution in [-0.4, -0.2) is 23.6 Å². The van der Waals surface area contributed by atoms with Crippen LogP contribution in [0.25, 0.3) is 0 Å². The molecule has 0 saturated heterocycles. The van der Waals surface area contributed by atoms with Gasteiger partial charge in [0.05, 0.1) is 0 Å². The van der Waals surface area contributed by atoms with Crippen molar-refractivity contribution in [3.05, 3.63) is 34.7 Å². The number of halogens is 1. The molecule has 0 aromatic carbocycles. The average Bonchev–Trinajstić information content (AvgIpc) is 2.38. The van der Waals surface area contributed by atoms with E-state index in [1.54, 1.807) is 16.7 Å². The summed E-state index contributed by atoms with van der Waals surface area (Å²) < 4.78 is 1.72. The number of nitrogens with one attached hydrogen (secondary N) is 1. The molecule has 1 aromatic heterocycles. The molecule has 0 atom stereocenters. The third kappa shape index (κ3) is 7.86. The fourth-order valence-corrected chi connectivity index (χ4v) is 1.56. The van der Waals surface area contributed by atoms with Crippen LogP contribution >= 0.6 is 24.0 Å². The predicted octanol–water partition coefficient (Wildman–Crippen LogP) is 1.56. The molecule has 0 fully saturated rings. The number of pyridine rings is 1. The van der Waals surface area contributed by atoms with Gasteiger partial charge in [-0.1, -0.05) is 13.0 Å². The molecule has 0 unspecified atom stereocenters. The summed E-state index contributed by atoms with van der Waals surface area (Å²) in [4.78, 5) is 15.6. The van der Waals surface area contributed by atoms with Crippen molar-refractivity contribution < 1.29 is 0 Å². The molecule has 6 heteroatoms. The van der Waals surface area contributed by atoms with E-state index in [9.17, 15) is 4.79 Å². The average molecular weight is 378 g/mol. The van der Waals surface area contributed by atoms with Crippen molar-refractivity contribution in [3.63, 3.8) is 0 Å². The zero-order valence-electron chi connectivity index (χ0n) is 11.3. The van der Waals surface area contributed by atoms with Crippen molar-refractivity contribution >= 4 is 29.9 Å². The van der Waals surface area contributed by atoms with Gasteiger partial charge in [0.25, 0.3) is 0 Å². The highest BCUT2D eigenvalue weighted by atomic mass is 127. The van der Waals surface area contributed by atoms with Gasteiger partial charge in [-0.3, -0.25) is 9.79 Å². The van der Waals surface area contributed by atoms with E-state index >= 15 is 0 Å². The number of nitrogens with two attached hydrogens (primary N) is 1. The second-order valence-corrected chi connectivity index (χ2v) is 4.13. The number of aliphatic imine (C=N–C) groups is 1. The molecule has 0 spiro atoms. The van der Waals surface area contributed by atoms with Crippen LogP contribution < -0.4 is 16.6 Å². The minimum atomic E-state index is 0. The number of aryl methyl sites for hydroxylation is 1. The number of aromatic nitrogens is 1. The summed E-state index contributed by atoms with van der Waals surface area (Å²) in [5.74, 6) is 0.508. The lowest BCUT2D eigenvalue weighted by atomic mass is 10.3. The summed E-state index contributed by atoms with van der Waals surface area (Å²) in [6.07, 6.45) is 4.72. The van der Waals surface area contributed by atoms with Crippen molar-refractivity contribution in [2.24, 2.45) is 10.7 Å². The molecular formula is C13H23IN4O. The molecule has 5 nitrogen and oxygen atoms in total. The molecule has 3 N–H and O–H groups in total. The SMILES string of the molecule is CCCN=C(N)NCCCCn1ccccc1=O.I. The van der Waals surface area contributed by atoms with Crippen molar-refractivity contribution in [3.8, 4) is 0 Å². The first-order valence-electron chi connectivity index (χ1n) is 6.43. The van der Waals surface area contributed by atoms with Crippen molar-refractivity contribution in [2.45, 2.75) is 32.7 Å². The van der Waals surface area contributed by atoms with Crippen LogP contribution in [0.15, 0.2) is 34.2 Å². The molecule has 0 aliphatic rings. The largest absolute Gasteiger partial charge is 0.370 e. The Kier molecular flexibility index (Phi) is 10.2. The second kappa shape index (κ2) is 10.8. The van der Waals surface area contributed by atoms with Gasteiger partial charge < -0.3 is 15.6 Å². The monoisotopic (exact) mass is 378 g/mol. The third-order valence-corrected chi connectivity index (χ3v) is 2.54. The highest BCUT2D eigenvalue weighted by molar-refractivity contribution is 14.0. The van der Waals surface area contributed by atoms with E-state index in [0.717, 1.165) is 38.9 Å². The van der Waals surface area contributed by atoms with Crippen LogP contribution in [0, 0.1) is 0 Å². The molecule has 0 radical (unpaired) electrons. The zero-order valence-corrected chi connectivity index (χ0v) is 13.7. The molecule has 0 aliphatic carbocycles. The van der Waals surface area contributed by atoms with E-state index in [0.29, 0.717) is 5.96 Å². The van der Waals surface area contributed by atoms with Gasteiger partial charge in [0.15, 0.2) is 5.96 Å². The number of hydrogen-bond acceptors (Lipinski definition) is 2. The maximum atomic E-state index is 11.4. The number of unbranched alkanes of at least 4 members (excludes halogenated alkanes) is 1. The van der Waals surface area contributed by atoms with Gasteiger partial charge in [-0.05, 0) is 25.3 Å². The van der Waals surface area contributed by atoms with Crippen LogP contribution in [0.2, 0.25) is 0 Å². The van der Waals surface area contributed by atoms with Crippen LogP contribution in [-0.2, 0) is 6.54 Å². The minimum absolute atomic E-state index is 0. The minimum Gasteiger partial charge on any atom is -0.370 e. The van der Waals surface area contributed by atoms with E-state index in [2.05, 4.69) is 17.2 Å². The molecule has 1 aromatic rings. The smallest absolute Gasteiger partial charge is 0.250 e. The van der Waals surface area contributed by atoms with Gasteiger partial charge in [0.2, 0.25) is 5.56 Å². The highest BCUT2D eigenvalue weighted by Gasteiger charge is 1.95. The number of rotatable bonds is 7. The van der Waals surface area contributed by atoms with Gasteiger partial charge in [0, 0.05) is 31.9 Å². The van der Waals surface area contributed by atoms with Crippen LogP contribution in [0.4, 0.5) is 0 Å². The van der Waals surface area contributed by atoms with Gasteiger partial charge in [0.1, 0.15) is 0 Å². The summed E-state index contributed by atoms with van der Waals surface area (Å²) in [5, 5.41) is 3.06. The Bertz CT molecular complexity index is 431. The fraction of sp³-hybridized carbons (Fsp3) is 0.538. The Morgan fingerprint density at radius 2 is 2.21 bits per heavy atom. The van der Waals surface area contributed by atoms with Crippen LogP contribution in [0.1, 0.15) is 26.2 Å². The maximum absolute atomic E-state index is 11.4. The van der Waals surface area contributed by atoms with E-state index in [1.807, 2.05) is 12.3 Å². The molecule has 1 heterocycles. The molecule has 0 saturated carbocycles. The third-order valence-electron chi connectivity index (χ3n) is 2.54. The number of guanidine groups is 1. The molecule has 108 valence electrons. The standard InChI is InChI=1S/C13H22N4O.HI/c1-2-8-15-13(14)16-9-4-6-11-17-10-5-3-7-12(17)18;/h3,5,7,10H,2,4,6,8-9,11H2,1H3,(H3,14,15,16);1H. The van der Waals surface area contributed by atoms with Crippen molar-refractivity contribution in [2.75, 3.05) is 13.1 Å². The lowest BCUT2D eigenvalue weighted by Gasteiger charge is -2.06. The first-order valence-corrected chi connectivity index (χ1v) is 6.43. The molecule has 19 heavy (non-hydrogen) atoms. The summed E-state index contributed by atoms with van der Waals surface area (Å²) in [7, 11) is 0. The number of nitrogens with zero attached hydrogens (tertiary/aromatic N) is 2. The van der Waals surface area contributed by atoms with Gasteiger partial charge >= 0.3 is 0 Å². The first kappa shape index (κ1) is 17.9. The quantitative estimate of drug-likeness (QED) is 0.327. The first-order chi connectivity index (χ1) is 8.74. The highest BCUT2D eigenvalue weighted by Crippen LogP contribution is 1.91. The maximum Gasteiger partial charge on any atom is 0.250 e.